The molecule has 130 valence electrons. The number of aromatic nitrogens is 5. The second-order valence-electron chi connectivity index (χ2n) is 6.42. The Morgan fingerprint density at radius 3 is 2.00 bits per heavy atom. The van der Waals surface area contributed by atoms with Gasteiger partial charge in [-0.2, -0.15) is 0 Å². The zero-order chi connectivity index (χ0) is 17.9. The van der Waals surface area contributed by atoms with Crippen molar-refractivity contribution in [3.05, 3.63) is 102 Å². The molecule has 26 heavy (non-hydrogen) atoms. The minimum absolute atomic E-state index is 0.0370. The molecule has 0 aliphatic heterocycles. The van der Waals surface area contributed by atoms with Gasteiger partial charge in [0.2, 0.25) is 0 Å². The van der Waals surface area contributed by atoms with E-state index in [0.717, 1.165) is 11.6 Å². The number of benzene rings is 2. The summed E-state index contributed by atoms with van der Waals surface area (Å²) in [5.74, 6) is 1.96. The molecule has 5 heteroatoms. The topological polar surface area (TPSA) is 48.5 Å². The molecular formula is C21H21N5. The Morgan fingerprint density at radius 2 is 1.46 bits per heavy atom. The van der Waals surface area contributed by atoms with E-state index >= 15 is 0 Å². The minimum atomic E-state index is 0.0370. The van der Waals surface area contributed by atoms with Gasteiger partial charge in [-0.3, -0.25) is 0 Å². The number of nitrogens with zero attached hydrogens (tertiary/aromatic N) is 5. The minimum Gasteiger partial charge on any atom is -0.324 e. The van der Waals surface area contributed by atoms with Gasteiger partial charge in [-0.1, -0.05) is 60.7 Å². The maximum absolute atomic E-state index is 4.74. The van der Waals surface area contributed by atoms with Crippen molar-refractivity contribution in [1.82, 2.24) is 24.3 Å². The standard InChI is InChI=1S/C21H21N5/c1-16(20-24-23-15-25(20)2)26-14-13-22-21(26)19(17-9-5-3-6-10-17)18-11-7-4-8-12-18/h3-16,19H,1-2H3/t16-/m1/s1. The lowest BCUT2D eigenvalue weighted by molar-refractivity contribution is 0.545. The summed E-state index contributed by atoms with van der Waals surface area (Å²) in [5.41, 5.74) is 2.44. The lowest BCUT2D eigenvalue weighted by Gasteiger charge is -2.22. The van der Waals surface area contributed by atoms with Gasteiger partial charge in [0.1, 0.15) is 12.2 Å². The van der Waals surface area contributed by atoms with Gasteiger partial charge in [0.25, 0.3) is 0 Å². The summed E-state index contributed by atoms with van der Waals surface area (Å²) < 4.78 is 4.14. The molecule has 2 heterocycles. The van der Waals surface area contributed by atoms with Gasteiger partial charge < -0.3 is 9.13 Å². The van der Waals surface area contributed by atoms with E-state index in [1.165, 1.54) is 11.1 Å². The molecule has 0 spiro atoms. The van der Waals surface area contributed by atoms with Crippen LogP contribution in [0, 0.1) is 0 Å². The molecule has 0 N–H and O–H groups in total. The van der Waals surface area contributed by atoms with Crippen LogP contribution >= 0.6 is 0 Å². The lowest BCUT2D eigenvalue weighted by atomic mass is 9.90. The van der Waals surface area contributed by atoms with Crippen molar-refractivity contribution in [2.24, 2.45) is 7.05 Å². The van der Waals surface area contributed by atoms with E-state index in [0.29, 0.717) is 0 Å². The highest BCUT2D eigenvalue weighted by atomic mass is 15.3. The highest BCUT2D eigenvalue weighted by Gasteiger charge is 2.25. The zero-order valence-electron chi connectivity index (χ0n) is 14.9. The molecule has 0 radical (unpaired) electrons. The second-order valence-corrected chi connectivity index (χ2v) is 6.42. The molecule has 2 aromatic heterocycles. The van der Waals surface area contributed by atoms with Crippen LogP contribution in [0.15, 0.2) is 79.4 Å². The smallest absolute Gasteiger partial charge is 0.155 e. The van der Waals surface area contributed by atoms with Crippen molar-refractivity contribution in [2.75, 3.05) is 0 Å². The second kappa shape index (κ2) is 6.96. The van der Waals surface area contributed by atoms with Gasteiger partial charge in [-0.05, 0) is 18.1 Å². The largest absolute Gasteiger partial charge is 0.324 e. The van der Waals surface area contributed by atoms with E-state index in [-0.39, 0.29) is 12.0 Å². The zero-order valence-corrected chi connectivity index (χ0v) is 14.9. The van der Waals surface area contributed by atoms with Crippen LogP contribution in [-0.4, -0.2) is 24.3 Å². The fourth-order valence-corrected chi connectivity index (χ4v) is 3.45. The maximum atomic E-state index is 4.74. The van der Waals surface area contributed by atoms with E-state index in [4.69, 9.17) is 4.98 Å². The summed E-state index contributed by atoms with van der Waals surface area (Å²) in [5, 5.41) is 8.30. The Bertz CT molecular complexity index is 932. The third-order valence-electron chi connectivity index (χ3n) is 4.76. The average Bonchev–Trinajstić information content (AvgIpc) is 3.33. The summed E-state index contributed by atoms with van der Waals surface area (Å²) in [4.78, 5) is 4.74. The third kappa shape index (κ3) is 2.92. The van der Waals surface area contributed by atoms with Gasteiger partial charge in [0, 0.05) is 19.4 Å². The lowest BCUT2D eigenvalue weighted by Crippen LogP contribution is -2.17. The van der Waals surface area contributed by atoms with Gasteiger partial charge in [-0.15, -0.1) is 10.2 Å². The molecule has 2 aromatic carbocycles. The Labute approximate surface area is 153 Å². The van der Waals surface area contributed by atoms with Gasteiger partial charge in [0.15, 0.2) is 5.82 Å². The van der Waals surface area contributed by atoms with Gasteiger partial charge in [0.05, 0.1) is 12.0 Å². The average molecular weight is 343 g/mol. The first-order chi connectivity index (χ1) is 12.8. The number of imidazole rings is 1. The molecule has 0 fully saturated rings. The Morgan fingerprint density at radius 1 is 0.846 bits per heavy atom. The molecule has 0 unspecified atom stereocenters. The Kier molecular flexibility index (Phi) is 4.35. The van der Waals surface area contributed by atoms with Crippen LogP contribution in [0.4, 0.5) is 0 Å². The number of aryl methyl sites for hydroxylation is 1. The first-order valence-electron chi connectivity index (χ1n) is 8.72. The molecule has 0 bridgehead atoms. The van der Waals surface area contributed by atoms with E-state index in [9.17, 15) is 0 Å². The highest BCUT2D eigenvalue weighted by molar-refractivity contribution is 5.38. The van der Waals surface area contributed by atoms with E-state index in [1.807, 2.05) is 36.1 Å². The van der Waals surface area contributed by atoms with Crippen LogP contribution in [0.5, 0.6) is 0 Å². The summed E-state index contributed by atoms with van der Waals surface area (Å²) in [6, 6.07) is 21.0. The predicted molar refractivity (Wildman–Crippen MR) is 101 cm³/mol. The first-order valence-corrected chi connectivity index (χ1v) is 8.72. The van der Waals surface area contributed by atoms with Crippen molar-refractivity contribution in [3.63, 3.8) is 0 Å². The molecule has 0 amide bonds. The maximum Gasteiger partial charge on any atom is 0.155 e. The fourth-order valence-electron chi connectivity index (χ4n) is 3.45. The molecule has 0 aliphatic rings. The fraction of sp³-hybridized carbons (Fsp3) is 0.190. The molecular weight excluding hydrogens is 322 g/mol. The van der Waals surface area contributed by atoms with Crippen LogP contribution < -0.4 is 0 Å². The summed E-state index contributed by atoms with van der Waals surface area (Å²) in [6.07, 6.45) is 5.61. The molecule has 1 atom stereocenters. The monoisotopic (exact) mass is 343 g/mol. The third-order valence-corrected chi connectivity index (χ3v) is 4.76. The van der Waals surface area contributed by atoms with Crippen molar-refractivity contribution >= 4 is 0 Å². The highest BCUT2D eigenvalue weighted by Crippen LogP contribution is 2.32. The Balaban J connectivity index is 1.84. The molecule has 0 saturated heterocycles. The number of hydrogen-bond donors (Lipinski definition) is 0. The Hall–Kier alpha value is -3.21. The van der Waals surface area contributed by atoms with E-state index < -0.39 is 0 Å². The van der Waals surface area contributed by atoms with Crippen LogP contribution in [-0.2, 0) is 7.05 Å². The molecule has 5 nitrogen and oxygen atoms in total. The number of rotatable bonds is 5. The van der Waals surface area contributed by atoms with Crippen LogP contribution in [0.25, 0.3) is 0 Å². The van der Waals surface area contributed by atoms with Gasteiger partial charge >= 0.3 is 0 Å². The molecule has 4 rings (SSSR count). The summed E-state index contributed by atoms with van der Waals surface area (Å²) in [6.45, 7) is 2.13. The van der Waals surface area contributed by atoms with Crippen molar-refractivity contribution in [2.45, 2.75) is 18.9 Å². The van der Waals surface area contributed by atoms with Crippen molar-refractivity contribution in [1.29, 1.82) is 0 Å². The predicted octanol–water partition coefficient (Wildman–Crippen LogP) is 3.80. The molecule has 0 saturated carbocycles. The van der Waals surface area contributed by atoms with Gasteiger partial charge in [-0.25, -0.2) is 4.98 Å². The van der Waals surface area contributed by atoms with Crippen LogP contribution in [0.1, 0.15) is 41.7 Å². The number of hydrogen-bond acceptors (Lipinski definition) is 3. The summed E-state index contributed by atoms with van der Waals surface area (Å²) >= 11 is 0. The molecule has 4 aromatic rings. The van der Waals surface area contributed by atoms with Crippen LogP contribution in [0.2, 0.25) is 0 Å². The van der Waals surface area contributed by atoms with Crippen molar-refractivity contribution < 1.29 is 0 Å². The molecule has 0 aliphatic carbocycles. The SMILES string of the molecule is C[C@H](c1nncn1C)n1ccnc1C(c1ccccc1)c1ccccc1. The van der Waals surface area contributed by atoms with E-state index in [1.54, 1.807) is 6.33 Å². The first kappa shape index (κ1) is 16.3. The van der Waals surface area contributed by atoms with E-state index in [2.05, 4.69) is 70.2 Å². The van der Waals surface area contributed by atoms with Crippen molar-refractivity contribution in [3.8, 4) is 0 Å². The normalized spacial score (nSPS) is 12.4. The quantitative estimate of drug-likeness (QED) is 0.554. The van der Waals surface area contributed by atoms with Crippen LogP contribution in [0.3, 0.4) is 0 Å². The summed E-state index contributed by atoms with van der Waals surface area (Å²) in [7, 11) is 1.97.